The largest absolute Gasteiger partial charge is 0.504 e. The molecule has 1 aliphatic rings. The molecule has 7 nitrogen and oxygen atoms in total. The number of amides is 1. The smallest absolute Gasteiger partial charge is 0.415 e. The molecule has 27 heavy (non-hydrogen) atoms. The van der Waals surface area contributed by atoms with E-state index >= 15 is 0 Å². The average Bonchev–Trinajstić information content (AvgIpc) is 2.71. The molecule has 3 rings (SSSR count). The highest BCUT2D eigenvalue weighted by Crippen LogP contribution is 2.39. The van der Waals surface area contributed by atoms with Gasteiger partial charge in [-0.05, 0) is 24.1 Å². The number of phenolic OH excluding ortho intramolecular Hbond substituents is 2. The third-order valence-corrected chi connectivity index (χ3v) is 4.45. The van der Waals surface area contributed by atoms with Crippen LogP contribution in [0.15, 0.2) is 36.4 Å². The molecule has 7 heteroatoms. The Labute approximate surface area is 156 Å². The molecule has 0 spiro atoms. The van der Waals surface area contributed by atoms with E-state index in [9.17, 15) is 19.8 Å². The molecule has 0 bridgehead atoms. The van der Waals surface area contributed by atoms with E-state index in [0.29, 0.717) is 31.9 Å². The number of carbonyl (C=O) groups excluding carboxylic acids is 2. The van der Waals surface area contributed by atoms with Gasteiger partial charge in [0.15, 0.2) is 17.3 Å². The minimum Gasteiger partial charge on any atom is -0.504 e. The van der Waals surface area contributed by atoms with E-state index in [1.165, 1.54) is 17.0 Å². The Kier molecular flexibility index (Phi) is 5.61. The van der Waals surface area contributed by atoms with Crippen molar-refractivity contribution in [2.75, 3.05) is 26.3 Å². The highest BCUT2D eigenvalue weighted by atomic mass is 16.6. The lowest BCUT2D eigenvalue weighted by molar-refractivity contribution is 0.0413. The molecular weight excluding hydrogens is 350 g/mol. The summed E-state index contributed by atoms with van der Waals surface area (Å²) in [6.45, 7) is 3.61. The molecule has 1 aliphatic heterocycles. The number of phenols is 2. The van der Waals surface area contributed by atoms with Crippen molar-refractivity contribution < 1.29 is 29.3 Å². The monoisotopic (exact) mass is 371 g/mol. The summed E-state index contributed by atoms with van der Waals surface area (Å²) in [5, 5.41) is 20.4. The van der Waals surface area contributed by atoms with E-state index in [-0.39, 0.29) is 11.3 Å². The van der Waals surface area contributed by atoms with Crippen molar-refractivity contribution in [3.8, 4) is 17.2 Å². The van der Waals surface area contributed by atoms with Crippen LogP contribution in [0.25, 0.3) is 0 Å². The lowest BCUT2D eigenvalue weighted by Crippen LogP contribution is -2.42. The molecular formula is C20H21NO6. The molecule has 1 saturated heterocycles. The van der Waals surface area contributed by atoms with Crippen LogP contribution in [0.1, 0.15) is 28.4 Å². The lowest BCUT2D eigenvalue weighted by Gasteiger charge is -2.26. The molecule has 1 fully saturated rings. The van der Waals surface area contributed by atoms with Gasteiger partial charge in [-0.1, -0.05) is 31.2 Å². The van der Waals surface area contributed by atoms with Gasteiger partial charge in [0.1, 0.15) is 0 Å². The molecule has 0 saturated carbocycles. The number of aromatic hydroxyl groups is 2. The SMILES string of the molecule is CCc1ccc(C(=O)c2ccc(OC(=O)N3CCOCC3)c(O)c2O)cc1. The van der Waals surface area contributed by atoms with Crippen molar-refractivity contribution in [1.29, 1.82) is 0 Å². The van der Waals surface area contributed by atoms with Crippen LogP contribution in [0, 0.1) is 0 Å². The standard InChI is InChI=1S/C20H21NO6/c1-2-13-3-5-14(6-4-13)17(22)15-7-8-16(19(24)18(15)23)27-20(25)21-9-11-26-12-10-21/h3-8,23-24H,2,9-12H2,1H3. The van der Waals surface area contributed by atoms with Crippen LogP contribution in [-0.2, 0) is 11.2 Å². The summed E-state index contributed by atoms with van der Waals surface area (Å²) in [5.74, 6) is -1.90. The first-order chi connectivity index (χ1) is 13.0. The number of carbonyl (C=O) groups is 2. The van der Waals surface area contributed by atoms with Crippen LogP contribution in [0.4, 0.5) is 4.79 Å². The van der Waals surface area contributed by atoms with Crippen LogP contribution >= 0.6 is 0 Å². The topological polar surface area (TPSA) is 96.3 Å². The first-order valence-corrected chi connectivity index (χ1v) is 8.74. The lowest BCUT2D eigenvalue weighted by atomic mass is 10.00. The van der Waals surface area contributed by atoms with Crippen LogP contribution in [-0.4, -0.2) is 53.3 Å². The van der Waals surface area contributed by atoms with E-state index in [2.05, 4.69) is 0 Å². The normalized spacial score (nSPS) is 14.0. The number of nitrogens with zero attached hydrogens (tertiary/aromatic N) is 1. The Morgan fingerprint density at radius 3 is 2.33 bits per heavy atom. The third kappa shape index (κ3) is 4.03. The van der Waals surface area contributed by atoms with Crippen molar-refractivity contribution in [2.24, 2.45) is 0 Å². The van der Waals surface area contributed by atoms with Gasteiger partial charge in [0.25, 0.3) is 0 Å². The summed E-state index contributed by atoms with van der Waals surface area (Å²) >= 11 is 0. The maximum absolute atomic E-state index is 12.6. The van der Waals surface area contributed by atoms with Gasteiger partial charge in [-0.2, -0.15) is 0 Å². The molecule has 0 aromatic heterocycles. The number of hydrogen-bond donors (Lipinski definition) is 2. The van der Waals surface area contributed by atoms with Gasteiger partial charge in [0, 0.05) is 18.7 Å². The van der Waals surface area contributed by atoms with Crippen LogP contribution in [0.3, 0.4) is 0 Å². The summed E-state index contributed by atoms with van der Waals surface area (Å²) in [6, 6.07) is 9.63. The zero-order valence-electron chi connectivity index (χ0n) is 15.0. The highest BCUT2D eigenvalue weighted by Gasteiger charge is 2.24. The third-order valence-electron chi connectivity index (χ3n) is 4.45. The molecule has 0 aliphatic carbocycles. The number of morpholine rings is 1. The van der Waals surface area contributed by atoms with Gasteiger partial charge in [0.2, 0.25) is 5.75 Å². The van der Waals surface area contributed by atoms with Crippen molar-refractivity contribution in [2.45, 2.75) is 13.3 Å². The number of rotatable bonds is 4. The maximum atomic E-state index is 12.6. The number of hydrogen-bond acceptors (Lipinski definition) is 6. The van der Waals surface area contributed by atoms with Gasteiger partial charge in [-0.3, -0.25) is 4.79 Å². The van der Waals surface area contributed by atoms with Crippen LogP contribution in [0.5, 0.6) is 17.2 Å². The van der Waals surface area contributed by atoms with Gasteiger partial charge < -0.3 is 24.6 Å². The minimum absolute atomic E-state index is 0.0667. The molecule has 2 aromatic carbocycles. The van der Waals surface area contributed by atoms with E-state index in [1.807, 2.05) is 19.1 Å². The van der Waals surface area contributed by atoms with Gasteiger partial charge >= 0.3 is 6.09 Å². The summed E-state index contributed by atoms with van der Waals surface area (Å²) in [4.78, 5) is 26.2. The maximum Gasteiger partial charge on any atom is 0.415 e. The summed E-state index contributed by atoms with van der Waals surface area (Å²) in [6.07, 6.45) is 0.200. The molecule has 2 aromatic rings. The fraction of sp³-hybridized carbons (Fsp3) is 0.300. The number of ketones is 1. The Hall–Kier alpha value is -3.06. The van der Waals surface area contributed by atoms with Crippen LogP contribution < -0.4 is 4.74 Å². The average molecular weight is 371 g/mol. The molecule has 142 valence electrons. The molecule has 0 atom stereocenters. The van der Waals surface area contributed by atoms with Crippen molar-refractivity contribution >= 4 is 11.9 Å². The van der Waals surface area contributed by atoms with E-state index in [0.717, 1.165) is 12.0 Å². The molecule has 1 amide bonds. The Bertz CT molecular complexity index is 840. The van der Waals surface area contributed by atoms with Gasteiger partial charge in [-0.25, -0.2) is 4.79 Å². The fourth-order valence-corrected chi connectivity index (χ4v) is 2.78. The molecule has 0 radical (unpaired) electrons. The Morgan fingerprint density at radius 1 is 1.04 bits per heavy atom. The molecule has 0 unspecified atom stereocenters. The molecule has 2 N–H and O–H groups in total. The van der Waals surface area contributed by atoms with E-state index < -0.39 is 23.4 Å². The highest BCUT2D eigenvalue weighted by molar-refractivity contribution is 6.11. The second-order valence-corrected chi connectivity index (χ2v) is 6.16. The fourth-order valence-electron chi connectivity index (χ4n) is 2.78. The number of benzene rings is 2. The van der Waals surface area contributed by atoms with Crippen molar-refractivity contribution in [1.82, 2.24) is 4.90 Å². The first-order valence-electron chi connectivity index (χ1n) is 8.74. The van der Waals surface area contributed by atoms with Crippen molar-refractivity contribution in [3.05, 3.63) is 53.1 Å². The predicted octanol–water partition coefficient (Wildman–Crippen LogP) is 2.72. The summed E-state index contributed by atoms with van der Waals surface area (Å²) in [7, 11) is 0. The second-order valence-electron chi connectivity index (χ2n) is 6.16. The van der Waals surface area contributed by atoms with Gasteiger partial charge in [0.05, 0.1) is 18.8 Å². The van der Waals surface area contributed by atoms with Crippen LogP contribution in [0.2, 0.25) is 0 Å². The number of aryl methyl sites for hydroxylation is 1. The van der Waals surface area contributed by atoms with Gasteiger partial charge in [-0.15, -0.1) is 0 Å². The molecule has 1 heterocycles. The Balaban J connectivity index is 1.79. The zero-order chi connectivity index (χ0) is 19.4. The predicted molar refractivity (Wildman–Crippen MR) is 97.4 cm³/mol. The zero-order valence-corrected chi connectivity index (χ0v) is 15.0. The minimum atomic E-state index is -0.651. The second kappa shape index (κ2) is 8.09. The van der Waals surface area contributed by atoms with E-state index in [4.69, 9.17) is 9.47 Å². The summed E-state index contributed by atoms with van der Waals surface area (Å²) < 4.78 is 10.3. The Morgan fingerprint density at radius 2 is 1.70 bits per heavy atom. The summed E-state index contributed by atoms with van der Waals surface area (Å²) in [5.41, 5.74) is 1.41. The van der Waals surface area contributed by atoms with Crippen molar-refractivity contribution in [3.63, 3.8) is 0 Å². The number of ether oxygens (including phenoxy) is 2. The van der Waals surface area contributed by atoms with E-state index in [1.54, 1.807) is 12.1 Å². The quantitative estimate of drug-likeness (QED) is 0.634. The first kappa shape index (κ1) is 18.7.